The molecule has 1 heterocycles. The Morgan fingerprint density at radius 1 is 1.00 bits per heavy atom. The zero-order valence-electron chi connectivity index (χ0n) is 15.2. The molecule has 0 N–H and O–H groups in total. The highest BCUT2D eigenvalue weighted by atomic mass is 32.2. The molecule has 5 nitrogen and oxygen atoms in total. The number of benzene rings is 2. The van der Waals surface area contributed by atoms with Crippen LogP contribution in [0.5, 0.6) is 11.5 Å². The molecule has 0 saturated carbocycles. The first-order valence-electron chi connectivity index (χ1n) is 8.41. The van der Waals surface area contributed by atoms with Gasteiger partial charge in [-0.15, -0.1) is 11.3 Å². The zero-order valence-corrected chi connectivity index (χ0v) is 16.8. The Morgan fingerprint density at radius 2 is 1.74 bits per heavy atom. The number of thiophene rings is 1. The molecule has 0 atom stereocenters. The van der Waals surface area contributed by atoms with Gasteiger partial charge in [0.1, 0.15) is 22.3 Å². The molecule has 27 heavy (non-hydrogen) atoms. The van der Waals surface area contributed by atoms with Crippen molar-refractivity contribution >= 4 is 27.0 Å². The maximum Gasteiger partial charge on any atom is 0.274 e. The number of hydrogen-bond acceptors (Lipinski definition) is 5. The zero-order chi connectivity index (χ0) is 19.3. The van der Waals surface area contributed by atoms with Gasteiger partial charge in [-0.3, -0.25) is 4.31 Å². The summed E-state index contributed by atoms with van der Waals surface area (Å²) in [4.78, 5) is 0. The van der Waals surface area contributed by atoms with Crippen molar-refractivity contribution in [3.8, 4) is 11.5 Å². The number of hydrogen-bond donors (Lipinski definition) is 0. The lowest BCUT2D eigenvalue weighted by Gasteiger charge is -2.25. The van der Waals surface area contributed by atoms with Crippen molar-refractivity contribution in [2.75, 3.05) is 24.6 Å². The highest BCUT2D eigenvalue weighted by Crippen LogP contribution is 2.33. The molecular weight excluding hydrogens is 382 g/mol. The monoisotopic (exact) mass is 403 g/mol. The van der Waals surface area contributed by atoms with Gasteiger partial charge in [0.05, 0.1) is 19.3 Å². The van der Waals surface area contributed by atoms with Gasteiger partial charge in [0, 0.05) is 0 Å². The average Bonchev–Trinajstić information content (AvgIpc) is 3.22. The number of ether oxygens (including phenoxy) is 2. The SMILES string of the molecule is COc1ccccc1N(CCOc1ccc(C)cc1)S(=O)(=O)c1cccs1. The minimum atomic E-state index is -3.71. The van der Waals surface area contributed by atoms with E-state index in [4.69, 9.17) is 9.47 Å². The predicted molar refractivity (Wildman–Crippen MR) is 109 cm³/mol. The largest absolute Gasteiger partial charge is 0.495 e. The molecule has 0 aliphatic heterocycles. The standard InChI is InChI=1S/C20H21NO4S2/c1-16-9-11-17(12-10-16)25-14-13-21(18-6-3-4-7-19(18)24-2)27(22,23)20-8-5-15-26-20/h3-12,15H,13-14H2,1-2H3. The van der Waals surface area contributed by atoms with E-state index in [9.17, 15) is 8.42 Å². The van der Waals surface area contributed by atoms with Gasteiger partial charge in [-0.25, -0.2) is 8.42 Å². The van der Waals surface area contributed by atoms with Gasteiger partial charge in [-0.2, -0.15) is 0 Å². The molecule has 0 spiro atoms. The minimum Gasteiger partial charge on any atom is -0.495 e. The van der Waals surface area contributed by atoms with E-state index in [0.29, 0.717) is 17.2 Å². The molecule has 7 heteroatoms. The second-order valence-electron chi connectivity index (χ2n) is 5.84. The van der Waals surface area contributed by atoms with Crippen molar-refractivity contribution in [3.63, 3.8) is 0 Å². The van der Waals surface area contributed by atoms with E-state index in [-0.39, 0.29) is 17.4 Å². The van der Waals surface area contributed by atoms with E-state index >= 15 is 0 Å². The fraction of sp³-hybridized carbons (Fsp3) is 0.200. The Labute approximate surface area is 163 Å². The summed E-state index contributed by atoms with van der Waals surface area (Å²) in [6.07, 6.45) is 0. The number of para-hydroxylation sites is 2. The van der Waals surface area contributed by atoms with Crippen LogP contribution in [-0.4, -0.2) is 28.7 Å². The van der Waals surface area contributed by atoms with Crippen LogP contribution in [0.25, 0.3) is 0 Å². The Balaban J connectivity index is 1.87. The fourth-order valence-electron chi connectivity index (χ4n) is 2.61. The first-order chi connectivity index (χ1) is 13.0. The third-order valence-corrected chi connectivity index (χ3v) is 7.16. The molecule has 2 aromatic carbocycles. The number of methoxy groups -OCH3 is 1. The molecule has 3 aromatic rings. The summed E-state index contributed by atoms with van der Waals surface area (Å²) in [7, 11) is -2.19. The summed E-state index contributed by atoms with van der Waals surface area (Å²) in [5.41, 5.74) is 1.62. The Morgan fingerprint density at radius 3 is 2.41 bits per heavy atom. The van der Waals surface area contributed by atoms with Crippen molar-refractivity contribution in [2.24, 2.45) is 0 Å². The second kappa shape index (κ2) is 8.45. The van der Waals surface area contributed by atoms with Crippen LogP contribution < -0.4 is 13.8 Å². The Hall–Kier alpha value is -2.51. The number of sulfonamides is 1. The fourth-order valence-corrected chi connectivity index (χ4v) is 5.17. The predicted octanol–water partition coefficient (Wildman–Crippen LogP) is 4.34. The van der Waals surface area contributed by atoms with Crippen LogP contribution in [0.1, 0.15) is 5.56 Å². The van der Waals surface area contributed by atoms with E-state index in [1.54, 1.807) is 41.8 Å². The van der Waals surface area contributed by atoms with Gasteiger partial charge < -0.3 is 9.47 Å². The van der Waals surface area contributed by atoms with Crippen LogP contribution in [-0.2, 0) is 10.0 Å². The topological polar surface area (TPSA) is 55.8 Å². The van der Waals surface area contributed by atoms with Crippen LogP contribution in [0.4, 0.5) is 5.69 Å². The normalized spacial score (nSPS) is 11.2. The van der Waals surface area contributed by atoms with E-state index in [1.165, 1.54) is 22.8 Å². The summed E-state index contributed by atoms with van der Waals surface area (Å²) < 4.78 is 39.1. The molecule has 1 aromatic heterocycles. The molecule has 0 fully saturated rings. The van der Waals surface area contributed by atoms with Crippen LogP contribution >= 0.6 is 11.3 Å². The highest BCUT2D eigenvalue weighted by molar-refractivity contribution is 7.94. The van der Waals surface area contributed by atoms with E-state index in [0.717, 1.165) is 5.56 Å². The molecule has 142 valence electrons. The van der Waals surface area contributed by atoms with Crippen LogP contribution in [0, 0.1) is 6.92 Å². The molecule has 0 bridgehead atoms. The number of aryl methyl sites for hydroxylation is 1. The van der Waals surface area contributed by atoms with Crippen molar-refractivity contribution < 1.29 is 17.9 Å². The van der Waals surface area contributed by atoms with Crippen LogP contribution in [0.15, 0.2) is 70.3 Å². The number of rotatable bonds is 8. The third-order valence-electron chi connectivity index (χ3n) is 3.98. The lowest BCUT2D eigenvalue weighted by Crippen LogP contribution is -2.34. The smallest absolute Gasteiger partial charge is 0.274 e. The minimum absolute atomic E-state index is 0.161. The van der Waals surface area contributed by atoms with Crippen LogP contribution in [0.3, 0.4) is 0 Å². The summed E-state index contributed by atoms with van der Waals surface area (Å²) in [6, 6.07) is 18.0. The lowest BCUT2D eigenvalue weighted by molar-refractivity contribution is 0.328. The quantitative estimate of drug-likeness (QED) is 0.561. The van der Waals surface area contributed by atoms with Crippen LogP contribution in [0.2, 0.25) is 0 Å². The molecular formula is C20H21NO4S2. The summed E-state index contributed by atoms with van der Waals surface area (Å²) >= 11 is 1.19. The Bertz CT molecular complexity index is 967. The third kappa shape index (κ3) is 4.43. The van der Waals surface area contributed by atoms with Gasteiger partial charge >= 0.3 is 0 Å². The van der Waals surface area contributed by atoms with Gasteiger partial charge in [0.15, 0.2) is 0 Å². The van der Waals surface area contributed by atoms with Crippen molar-refractivity contribution in [2.45, 2.75) is 11.1 Å². The van der Waals surface area contributed by atoms with Gasteiger partial charge in [-0.1, -0.05) is 35.9 Å². The first kappa shape index (κ1) is 19.3. The molecule has 0 unspecified atom stereocenters. The highest BCUT2D eigenvalue weighted by Gasteiger charge is 2.28. The summed E-state index contributed by atoms with van der Waals surface area (Å²) in [5, 5.41) is 1.75. The first-order valence-corrected chi connectivity index (χ1v) is 10.7. The summed E-state index contributed by atoms with van der Waals surface area (Å²) in [5.74, 6) is 1.20. The molecule has 0 amide bonds. The van der Waals surface area contributed by atoms with Gasteiger partial charge in [0.25, 0.3) is 10.0 Å². The molecule has 0 radical (unpaired) electrons. The van der Waals surface area contributed by atoms with E-state index < -0.39 is 10.0 Å². The van der Waals surface area contributed by atoms with E-state index in [1.807, 2.05) is 31.2 Å². The molecule has 0 aliphatic rings. The van der Waals surface area contributed by atoms with Crippen molar-refractivity contribution in [1.29, 1.82) is 0 Å². The van der Waals surface area contributed by atoms with E-state index in [2.05, 4.69) is 0 Å². The van der Waals surface area contributed by atoms with Gasteiger partial charge in [0.2, 0.25) is 0 Å². The van der Waals surface area contributed by atoms with Crippen molar-refractivity contribution in [1.82, 2.24) is 0 Å². The maximum atomic E-state index is 13.2. The van der Waals surface area contributed by atoms with Gasteiger partial charge in [-0.05, 0) is 42.6 Å². The van der Waals surface area contributed by atoms with Crippen molar-refractivity contribution in [3.05, 3.63) is 71.6 Å². The molecule has 0 saturated heterocycles. The summed E-state index contributed by atoms with van der Waals surface area (Å²) in [6.45, 7) is 2.38. The number of anilines is 1. The Kier molecular flexibility index (Phi) is 6.03. The second-order valence-corrected chi connectivity index (χ2v) is 8.88. The molecule has 0 aliphatic carbocycles. The lowest BCUT2D eigenvalue weighted by atomic mass is 10.2. The number of nitrogens with zero attached hydrogens (tertiary/aromatic N) is 1. The maximum absolute atomic E-state index is 13.2. The molecule has 3 rings (SSSR count). The average molecular weight is 404 g/mol.